The molecule has 0 aliphatic carbocycles. The zero-order chi connectivity index (χ0) is 29.3. The second kappa shape index (κ2) is 13.7. The third-order valence-electron chi connectivity index (χ3n) is 6.30. The number of nitrogens with one attached hydrogen (secondary N) is 1. The third kappa shape index (κ3) is 8.63. The fourth-order valence-electron chi connectivity index (χ4n) is 4.28. The smallest absolute Gasteiger partial charge is 0.475 e. The Bertz CT molecular complexity index is 1320. The molecule has 1 aliphatic rings. The van der Waals surface area contributed by atoms with E-state index in [9.17, 15) is 27.2 Å². The summed E-state index contributed by atoms with van der Waals surface area (Å²) in [4.78, 5) is 36.9. The van der Waals surface area contributed by atoms with E-state index in [0.29, 0.717) is 25.1 Å². The first-order chi connectivity index (χ1) is 19.0. The molecule has 0 fully saturated rings. The molecular formula is C29H29F4N3O4. The van der Waals surface area contributed by atoms with E-state index in [1.165, 1.54) is 6.07 Å². The molecule has 212 valence electrons. The van der Waals surface area contributed by atoms with E-state index in [1.807, 2.05) is 54.6 Å². The zero-order valence-electron chi connectivity index (χ0n) is 21.4. The number of rotatable bonds is 7. The number of carboxylic acid groups (broad SMARTS) is 1. The maximum absolute atomic E-state index is 14.0. The molecule has 40 heavy (non-hydrogen) atoms. The first-order valence-corrected chi connectivity index (χ1v) is 12.4. The van der Waals surface area contributed by atoms with E-state index >= 15 is 0 Å². The maximum Gasteiger partial charge on any atom is 0.490 e. The minimum absolute atomic E-state index is 0.0406. The van der Waals surface area contributed by atoms with Crippen molar-refractivity contribution in [1.82, 2.24) is 10.2 Å². The maximum atomic E-state index is 14.0. The van der Waals surface area contributed by atoms with E-state index in [1.54, 1.807) is 23.1 Å². The second-order valence-electron chi connectivity index (χ2n) is 9.28. The number of hydrogen-bond donors (Lipinski definition) is 3. The predicted molar refractivity (Wildman–Crippen MR) is 139 cm³/mol. The fraction of sp³-hybridized carbons (Fsp3) is 0.276. The zero-order valence-corrected chi connectivity index (χ0v) is 21.4. The summed E-state index contributed by atoms with van der Waals surface area (Å²) in [5.74, 6) is -3.48. The summed E-state index contributed by atoms with van der Waals surface area (Å²) in [5.41, 5.74) is 9.79. The van der Waals surface area contributed by atoms with Crippen molar-refractivity contribution < 1.29 is 37.1 Å². The van der Waals surface area contributed by atoms with E-state index < -0.39 is 24.2 Å². The summed E-state index contributed by atoms with van der Waals surface area (Å²) in [6, 6.07) is 22.8. The summed E-state index contributed by atoms with van der Waals surface area (Å²) < 4.78 is 45.7. The first-order valence-electron chi connectivity index (χ1n) is 12.4. The number of nitrogens with two attached hydrogens (primary N) is 1. The molecule has 4 N–H and O–H groups in total. The lowest BCUT2D eigenvalue weighted by Gasteiger charge is -2.36. The van der Waals surface area contributed by atoms with Gasteiger partial charge in [-0.3, -0.25) is 9.59 Å². The Hall–Kier alpha value is -4.25. The van der Waals surface area contributed by atoms with Gasteiger partial charge >= 0.3 is 12.1 Å². The molecule has 2 amide bonds. The number of benzene rings is 3. The number of carboxylic acids is 1. The Balaban J connectivity index is 0.000000559. The average Bonchev–Trinajstić information content (AvgIpc) is 2.92. The van der Waals surface area contributed by atoms with Gasteiger partial charge in [-0.1, -0.05) is 72.8 Å². The summed E-state index contributed by atoms with van der Waals surface area (Å²) in [7, 11) is 0. The molecule has 0 aromatic heterocycles. The third-order valence-corrected chi connectivity index (χ3v) is 6.30. The Labute approximate surface area is 228 Å². The van der Waals surface area contributed by atoms with Crippen LogP contribution in [0.5, 0.6) is 0 Å². The second-order valence-corrected chi connectivity index (χ2v) is 9.28. The van der Waals surface area contributed by atoms with Gasteiger partial charge < -0.3 is 21.1 Å². The van der Waals surface area contributed by atoms with Crippen LogP contribution in [0.25, 0.3) is 0 Å². The van der Waals surface area contributed by atoms with Gasteiger partial charge in [0.15, 0.2) is 0 Å². The molecule has 0 saturated heterocycles. The molecule has 3 aromatic rings. The van der Waals surface area contributed by atoms with Crippen molar-refractivity contribution in [2.24, 2.45) is 5.73 Å². The normalized spacial score (nSPS) is 15.2. The Kier molecular flexibility index (Phi) is 10.4. The van der Waals surface area contributed by atoms with Gasteiger partial charge in [0.05, 0.1) is 0 Å². The lowest BCUT2D eigenvalue weighted by molar-refractivity contribution is -0.192. The highest BCUT2D eigenvalue weighted by molar-refractivity contribution is 5.88. The highest BCUT2D eigenvalue weighted by Crippen LogP contribution is 2.25. The van der Waals surface area contributed by atoms with Gasteiger partial charge in [0, 0.05) is 32.0 Å². The molecule has 0 spiro atoms. The Morgan fingerprint density at radius 2 is 1.52 bits per heavy atom. The summed E-state index contributed by atoms with van der Waals surface area (Å²) in [6.07, 6.45) is -4.34. The van der Waals surface area contributed by atoms with Gasteiger partial charge in [-0.15, -0.1) is 0 Å². The van der Waals surface area contributed by atoms with Gasteiger partial charge in [0.25, 0.3) is 0 Å². The highest BCUT2D eigenvalue weighted by Gasteiger charge is 2.38. The highest BCUT2D eigenvalue weighted by atomic mass is 19.4. The largest absolute Gasteiger partial charge is 0.490 e. The number of nitrogens with zero attached hydrogens (tertiary/aromatic N) is 1. The van der Waals surface area contributed by atoms with Gasteiger partial charge in [0.1, 0.15) is 11.9 Å². The number of alkyl halides is 3. The van der Waals surface area contributed by atoms with Crippen LogP contribution in [-0.2, 0) is 40.3 Å². The molecule has 7 nitrogen and oxygen atoms in total. The Morgan fingerprint density at radius 3 is 2.15 bits per heavy atom. The van der Waals surface area contributed by atoms with Crippen molar-refractivity contribution in [2.45, 2.75) is 50.6 Å². The van der Waals surface area contributed by atoms with E-state index in [2.05, 4.69) is 5.32 Å². The number of halogens is 4. The standard InChI is InChI=1S/C27H28FN3O2.C2HF3O2/c28-24-13-7-6-11-21(24)14-23(29)16-26(32)31-18-22-12-5-4-10-20(22)15-25(31)27(33)30-17-19-8-2-1-3-9-19;3-2(4,5)1(6)7/h1-13,23,25H,14-18,29H2,(H,30,33);(H,6,7)/t23?,25-;/m0./s1. The minimum Gasteiger partial charge on any atom is -0.475 e. The van der Waals surface area contributed by atoms with Crippen molar-refractivity contribution in [2.75, 3.05) is 0 Å². The van der Waals surface area contributed by atoms with Crippen LogP contribution >= 0.6 is 0 Å². The van der Waals surface area contributed by atoms with Gasteiger partial charge in [-0.2, -0.15) is 13.2 Å². The van der Waals surface area contributed by atoms with E-state index in [0.717, 1.165) is 16.7 Å². The van der Waals surface area contributed by atoms with Crippen LogP contribution in [0.1, 0.15) is 28.7 Å². The van der Waals surface area contributed by atoms with Crippen LogP contribution in [0.3, 0.4) is 0 Å². The number of hydrogen-bond acceptors (Lipinski definition) is 4. The van der Waals surface area contributed by atoms with Crippen LogP contribution in [0, 0.1) is 5.82 Å². The lowest BCUT2D eigenvalue weighted by Crippen LogP contribution is -2.53. The molecule has 3 aromatic carbocycles. The lowest BCUT2D eigenvalue weighted by atomic mass is 9.92. The topological polar surface area (TPSA) is 113 Å². The quantitative estimate of drug-likeness (QED) is 0.379. The first kappa shape index (κ1) is 30.3. The molecule has 4 rings (SSSR count). The molecule has 2 atom stereocenters. The molecule has 11 heteroatoms. The van der Waals surface area contributed by atoms with Crippen molar-refractivity contribution in [3.05, 3.63) is 107 Å². The molecule has 1 aliphatic heterocycles. The van der Waals surface area contributed by atoms with Crippen molar-refractivity contribution >= 4 is 17.8 Å². The van der Waals surface area contributed by atoms with Gasteiger partial charge in [-0.05, 0) is 34.7 Å². The SMILES string of the molecule is NC(CC(=O)N1Cc2ccccc2C[C@H]1C(=O)NCc1ccccc1)Cc1ccccc1F.O=C(O)C(F)(F)F. The molecule has 1 heterocycles. The number of aliphatic carboxylic acids is 1. The predicted octanol–water partition coefficient (Wildman–Crippen LogP) is 3.99. The van der Waals surface area contributed by atoms with Crippen LogP contribution in [-0.4, -0.2) is 46.1 Å². The fourth-order valence-corrected chi connectivity index (χ4v) is 4.28. The average molecular weight is 560 g/mol. The van der Waals surface area contributed by atoms with Crippen molar-refractivity contribution in [3.63, 3.8) is 0 Å². The number of fused-ring (bicyclic) bond motifs is 1. The summed E-state index contributed by atoms with van der Waals surface area (Å²) in [6.45, 7) is 0.748. The molecule has 0 radical (unpaired) electrons. The molecule has 1 unspecified atom stereocenters. The van der Waals surface area contributed by atoms with Crippen LogP contribution in [0.4, 0.5) is 17.6 Å². The number of carbonyl (C=O) groups is 3. The van der Waals surface area contributed by atoms with Gasteiger partial charge in [-0.25, -0.2) is 9.18 Å². The molecular weight excluding hydrogens is 530 g/mol. The van der Waals surface area contributed by atoms with E-state index in [-0.39, 0.29) is 30.5 Å². The minimum atomic E-state index is -5.08. The summed E-state index contributed by atoms with van der Waals surface area (Å²) in [5, 5.41) is 10.1. The van der Waals surface area contributed by atoms with Crippen molar-refractivity contribution in [1.29, 1.82) is 0 Å². The van der Waals surface area contributed by atoms with Crippen LogP contribution < -0.4 is 11.1 Å². The molecule has 0 bridgehead atoms. The van der Waals surface area contributed by atoms with Crippen LogP contribution in [0.2, 0.25) is 0 Å². The van der Waals surface area contributed by atoms with Crippen LogP contribution in [0.15, 0.2) is 78.9 Å². The number of amides is 2. The van der Waals surface area contributed by atoms with Crippen molar-refractivity contribution in [3.8, 4) is 0 Å². The summed E-state index contributed by atoms with van der Waals surface area (Å²) >= 11 is 0. The molecule has 0 saturated carbocycles. The Morgan fingerprint density at radius 1 is 0.950 bits per heavy atom. The number of carbonyl (C=O) groups excluding carboxylic acids is 2. The van der Waals surface area contributed by atoms with E-state index in [4.69, 9.17) is 15.6 Å². The van der Waals surface area contributed by atoms with Gasteiger partial charge in [0.2, 0.25) is 11.8 Å². The monoisotopic (exact) mass is 559 g/mol.